The number of carbonyl (C=O) groups is 2. The van der Waals surface area contributed by atoms with Gasteiger partial charge in [0.25, 0.3) is 5.91 Å². The van der Waals surface area contributed by atoms with E-state index >= 15 is 0 Å². The Morgan fingerprint density at radius 1 is 0.895 bits per heavy atom. The molecule has 1 heterocycles. The number of fused-ring (bicyclic) bond motifs is 1. The second-order valence-electron chi connectivity index (χ2n) is 9.97. The van der Waals surface area contributed by atoms with Gasteiger partial charge < -0.3 is 24.5 Å². The molecule has 0 aliphatic heterocycles. The highest BCUT2D eigenvalue weighted by Gasteiger charge is 2.53. The maximum atomic E-state index is 14.0. The highest BCUT2D eigenvalue weighted by atomic mass is 19.3. The summed E-state index contributed by atoms with van der Waals surface area (Å²) in [4.78, 5) is 26.5. The third-order valence-corrected chi connectivity index (χ3v) is 7.40. The maximum Gasteiger partial charge on any atom is 0.287 e. The Kier molecular flexibility index (Phi) is 6.25. The standard InChI is InChI=1S/C28H27F2N3O5/c1-36-20-6-5-18(14-22(20)37-2)17-3-4-19-15-23(38-21(19)13-17)24(34)32-27(9-11-28(29,30)12-10-27)25(35)33-26(16-31)7-8-26/h3-6,13-15H,7-12H2,1-2H3,(H,32,34)(H,33,35). The third-order valence-electron chi connectivity index (χ3n) is 7.40. The number of alkyl halides is 2. The van der Waals surface area contributed by atoms with Gasteiger partial charge in [-0.05, 0) is 61.1 Å². The van der Waals surface area contributed by atoms with Crippen LogP contribution in [0.4, 0.5) is 8.78 Å². The van der Waals surface area contributed by atoms with Crippen molar-refractivity contribution in [3.63, 3.8) is 0 Å². The molecular weight excluding hydrogens is 496 g/mol. The van der Waals surface area contributed by atoms with Gasteiger partial charge in [0, 0.05) is 18.2 Å². The maximum absolute atomic E-state index is 14.0. The smallest absolute Gasteiger partial charge is 0.287 e. The van der Waals surface area contributed by atoms with E-state index in [-0.39, 0.29) is 18.6 Å². The fourth-order valence-electron chi connectivity index (χ4n) is 4.80. The minimum absolute atomic E-state index is 0.0459. The number of hydrogen-bond acceptors (Lipinski definition) is 6. The van der Waals surface area contributed by atoms with E-state index in [2.05, 4.69) is 16.7 Å². The van der Waals surface area contributed by atoms with E-state index in [0.717, 1.165) is 11.1 Å². The molecule has 2 aliphatic carbocycles. The number of halogens is 2. The van der Waals surface area contributed by atoms with Crippen molar-refractivity contribution >= 4 is 22.8 Å². The molecule has 8 nitrogen and oxygen atoms in total. The summed E-state index contributed by atoms with van der Waals surface area (Å²) in [6.45, 7) is 0. The van der Waals surface area contributed by atoms with E-state index < -0.39 is 41.7 Å². The Bertz CT molecular complexity index is 1440. The van der Waals surface area contributed by atoms with Crippen LogP contribution < -0.4 is 20.1 Å². The SMILES string of the molecule is COc1ccc(-c2ccc3cc(C(=O)NC4(C(=O)NC5(C#N)CC5)CCC(F)(F)CC4)oc3c2)cc1OC. The number of carbonyl (C=O) groups excluding carboxylic acids is 2. The Labute approximate surface area is 217 Å². The molecule has 1 aromatic heterocycles. The predicted octanol–water partition coefficient (Wildman–Crippen LogP) is 4.97. The zero-order valence-electron chi connectivity index (χ0n) is 21.0. The molecule has 0 atom stereocenters. The molecule has 0 spiro atoms. The molecule has 0 bridgehead atoms. The first-order chi connectivity index (χ1) is 18.1. The van der Waals surface area contributed by atoms with Crippen molar-refractivity contribution in [3.05, 3.63) is 48.2 Å². The molecule has 0 saturated heterocycles. The van der Waals surface area contributed by atoms with Gasteiger partial charge in [0.05, 0.1) is 20.3 Å². The number of hydrogen-bond donors (Lipinski definition) is 2. The van der Waals surface area contributed by atoms with Crippen LogP contribution >= 0.6 is 0 Å². The monoisotopic (exact) mass is 523 g/mol. The topological polar surface area (TPSA) is 114 Å². The van der Waals surface area contributed by atoms with E-state index in [1.165, 1.54) is 0 Å². The van der Waals surface area contributed by atoms with Crippen LogP contribution in [-0.4, -0.2) is 43.0 Å². The number of rotatable bonds is 7. The molecule has 2 aromatic carbocycles. The fourth-order valence-corrected chi connectivity index (χ4v) is 4.80. The van der Waals surface area contributed by atoms with E-state index in [9.17, 15) is 23.6 Å². The quantitative estimate of drug-likeness (QED) is 0.452. The van der Waals surface area contributed by atoms with Crippen LogP contribution in [0, 0.1) is 11.3 Å². The molecule has 0 unspecified atom stereocenters. The van der Waals surface area contributed by atoms with E-state index in [1.54, 1.807) is 38.5 Å². The van der Waals surface area contributed by atoms with Crippen molar-refractivity contribution in [3.8, 4) is 28.7 Å². The van der Waals surface area contributed by atoms with Gasteiger partial charge in [-0.15, -0.1) is 0 Å². The second-order valence-corrected chi connectivity index (χ2v) is 9.97. The number of furan rings is 1. The van der Waals surface area contributed by atoms with Crippen LogP contribution in [0.3, 0.4) is 0 Å². The molecule has 10 heteroatoms. The third kappa shape index (κ3) is 4.76. The highest BCUT2D eigenvalue weighted by Crippen LogP contribution is 2.41. The molecule has 2 aliphatic rings. The lowest BCUT2D eigenvalue weighted by atomic mass is 9.78. The lowest BCUT2D eigenvalue weighted by Gasteiger charge is -2.39. The number of nitrogens with zero attached hydrogens (tertiary/aromatic N) is 1. The van der Waals surface area contributed by atoms with E-state index in [0.29, 0.717) is 35.3 Å². The van der Waals surface area contributed by atoms with Gasteiger partial charge in [0.1, 0.15) is 16.7 Å². The van der Waals surface area contributed by atoms with Gasteiger partial charge in [0.15, 0.2) is 17.3 Å². The average Bonchev–Trinajstić information content (AvgIpc) is 3.56. The van der Waals surface area contributed by atoms with Crippen molar-refractivity contribution < 1.29 is 32.3 Å². The summed E-state index contributed by atoms with van der Waals surface area (Å²) in [7, 11) is 3.10. The highest BCUT2D eigenvalue weighted by molar-refractivity contribution is 6.01. The zero-order valence-corrected chi connectivity index (χ0v) is 21.0. The molecule has 0 radical (unpaired) electrons. The summed E-state index contributed by atoms with van der Waals surface area (Å²) in [5.41, 5.74) is -0.449. The number of nitrogens with one attached hydrogen (secondary N) is 2. The van der Waals surface area contributed by atoms with Crippen LogP contribution in [0.1, 0.15) is 49.1 Å². The first-order valence-electron chi connectivity index (χ1n) is 12.3. The summed E-state index contributed by atoms with van der Waals surface area (Å²) >= 11 is 0. The fraction of sp³-hybridized carbons (Fsp3) is 0.393. The Morgan fingerprint density at radius 3 is 2.18 bits per heavy atom. The van der Waals surface area contributed by atoms with Crippen molar-refractivity contribution in [2.75, 3.05) is 14.2 Å². The summed E-state index contributed by atoms with van der Waals surface area (Å²) < 4.78 is 44.4. The molecule has 2 saturated carbocycles. The van der Waals surface area contributed by atoms with Crippen LogP contribution in [0.15, 0.2) is 46.9 Å². The largest absolute Gasteiger partial charge is 0.493 e. The molecule has 3 aromatic rings. The van der Waals surface area contributed by atoms with E-state index in [4.69, 9.17) is 13.9 Å². The molecule has 38 heavy (non-hydrogen) atoms. The summed E-state index contributed by atoms with van der Waals surface area (Å²) in [6.07, 6.45) is -0.613. The minimum atomic E-state index is -2.92. The number of ether oxygens (including phenoxy) is 2. The normalized spacial score (nSPS) is 18.7. The van der Waals surface area contributed by atoms with Crippen LogP contribution in [0.5, 0.6) is 11.5 Å². The summed E-state index contributed by atoms with van der Waals surface area (Å²) in [5, 5.41) is 15.4. The van der Waals surface area contributed by atoms with Gasteiger partial charge in [-0.25, -0.2) is 8.78 Å². The van der Waals surface area contributed by atoms with E-state index in [1.807, 2.05) is 18.2 Å². The number of methoxy groups -OCH3 is 2. The first kappa shape index (κ1) is 25.5. The Hall–Kier alpha value is -4.13. The molecule has 198 valence electrons. The van der Waals surface area contributed by atoms with Crippen molar-refractivity contribution in [1.82, 2.24) is 10.6 Å². The average molecular weight is 524 g/mol. The molecule has 2 amide bonds. The molecule has 2 N–H and O–H groups in total. The molecular formula is C28H27F2N3O5. The van der Waals surface area contributed by atoms with Crippen molar-refractivity contribution in [2.24, 2.45) is 0 Å². The van der Waals surface area contributed by atoms with Crippen LogP contribution in [-0.2, 0) is 4.79 Å². The predicted molar refractivity (Wildman–Crippen MR) is 134 cm³/mol. The number of nitriles is 1. The van der Waals surface area contributed by atoms with Gasteiger partial charge in [-0.2, -0.15) is 5.26 Å². The number of benzene rings is 2. The molecule has 5 rings (SSSR count). The minimum Gasteiger partial charge on any atom is -0.493 e. The number of amides is 2. The Morgan fingerprint density at radius 2 is 1.55 bits per heavy atom. The zero-order chi connectivity index (χ0) is 27.1. The van der Waals surface area contributed by atoms with Gasteiger partial charge >= 0.3 is 0 Å². The lowest BCUT2D eigenvalue weighted by molar-refractivity contribution is -0.133. The van der Waals surface area contributed by atoms with Crippen LogP contribution in [0.2, 0.25) is 0 Å². The van der Waals surface area contributed by atoms with Crippen LogP contribution in [0.25, 0.3) is 22.1 Å². The lowest BCUT2D eigenvalue weighted by Crippen LogP contribution is -2.62. The van der Waals surface area contributed by atoms with Crippen molar-refractivity contribution in [1.29, 1.82) is 5.26 Å². The van der Waals surface area contributed by atoms with Gasteiger partial charge in [0.2, 0.25) is 11.8 Å². The molecule has 2 fully saturated rings. The first-order valence-corrected chi connectivity index (χ1v) is 12.3. The summed E-state index contributed by atoms with van der Waals surface area (Å²) in [6, 6.07) is 14.5. The van der Waals surface area contributed by atoms with Gasteiger partial charge in [-0.3, -0.25) is 9.59 Å². The van der Waals surface area contributed by atoms with Crippen molar-refractivity contribution in [2.45, 2.75) is 55.5 Å². The Balaban J connectivity index is 1.40. The second kappa shape index (κ2) is 9.31. The summed E-state index contributed by atoms with van der Waals surface area (Å²) in [5.74, 6) is -3.11. The van der Waals surface area contributed by atoms with Gasteiger partial charge in [-0.1, -0.05) is 18.2 Å².